The molecule has 2 aromatic carbocycles. The normalized spacial score (nSPS) is 11.2. The standard InChI is InChI=1S/C26H24N4O4S/c1-5-22(31)27-18-7-6-8-20(16-18)34-25-24-21(13-14-35-24)28-26(29-25)30(2,3)19-11-9-17(10-12-19)15-23(32)33-4/h5-14,16H,1,15H2,2-4H3/p+1. The first-order valence-corrected chi connectivity index (χ1v) is 11.7. The fourth-order valence-corrected chi connectivity index (χ4v) is 4.18. The van der Waals surface area contributed by atoms with Crippen LogP contribution in [0.5, 0.6) is 11.6 Å². The van der Waals surface area contributed by atoms with Gasteiger partial charge in [-0.1, -0.05) is 24.8 Å². The third-order valence-electron chi connectivity index (χ3n) is 5.42. The van der Waals surface area contributed by atoms with Crippen molar-refractivity contribution < 1.29 is 19.1 Å². The summed E-state index contributed by atoms with van der Waals surface area (Å²) in [6, 6.07) is 16.7. The summed E-state index contributed by atoms with van der Waals surface area (Å²) in [5, 5.41) is 4.67. The van der Waals surface area contributed by atoms with Crippen molar-refractivity contribution in [1.82, 2.24) is 14.5 Å². The van der Waals surface area contributed by atoms with E-state index in [1.165, 1.54) is 24.5 Å². The van der Waals surface area contributed by atoms with Gasteiger partial charge in [0, 0.05) is 11.8 Å². The molecule has 8 nitrogen and oxygen atoms in total. The van der Waals surface area contributed by atoms with E-state index in [4.69, 9.17) is 19.4 Å². The van der Waals surface area contributed by atoms with Crippen molar-refractivity contribution in [3.63, 3.8) is 0 Å². The van der Waals surface area contributed by atoms with Gasteiger partial charge in [-0.3, -0.25) is 9.59 Å². The number of nitrogens with zero attached hydrogens (tertiary/aromatic N) is 3. The van der Waals surface area contributed by atoms with Crippen molar-refractivity contribution >= 4 is 50.8 Å². The Bertz CT molecular complexity index is 1400. The van der Waals surface area contributed by atoms with Gasteiger partial charge in [-0.15, -0.1) is 16.3 Å². The molecule has 0 radical (unpaired) electrons. The van der Waals surface area contributed by atoms with Crippen LogP contribution in [-0.2, 0) is 20.7 Å². The zero-order valence-corrected chi connectivity index (χ0v) is 20.5. The van der Waals surface area contributed by atoms with Crippen LogP contribution >= 0.6 is 11.3 Å². The molecule has 0 spiro atoms. The number of amides is 1. The summed E-state index contributed by atoms with van der Waals surface area (Å²) in [6.07, 6.45) is 1.42. The van der Waals surface area contributed by atoms with Gasteiger partial charge in [-0.25, -0.2) is 4.48 Å². The number of aromatic nitrogens is 2. The van der Waals surface area contributed by atoms with E-state index >= 15 is 0 Å². The first kappa shape index (κ1) is 24.1. The van der Waals surface area contributed by atoms with E-state index in [0.717, 1.165) is 21.5 Å². The summed E-state index contributed by atoms with van der Waals surface area (Å²) >= 11 is 1.49. The molecule has 0 aliphatic heterocycles. The highest BCUT2D eigenvalue weighted by Crippen LogP contribution is 2.37. The first-order valence-electron chi connectivity index (χ1n) is 10.8. The predicted octanol–water partition coefficient (Wildman–Crippen LogP) is 5.22. The van der Waals surface area contributed by atoms with Crippen LogP contribution in [0.3, 0.4) is 0 Å². The molecule has 0 unspecified atom stereocenters. The number of quaternary nitrogens is 1. The van der Waals surface area contributed by atoms with E-state index in [-0.39, 0.29) is 22.8 Å². The molecule has 0 saturated carbocycles. The van der Waals surface area contributed by atoms with Crippen LogP contribution in [0.25, 0.3) is 10.2 Å². The van der Waals surface area contributed by atoms with Crippen molar-refractivity contribution in [1.29, 1.82) is 0 Å². The molecule has 4 aromatic rings. The zero-order chi connectivity index (χ0) is 25.0. The second kappa shape index (κ2) is 10.0. The smallest absolute Gasteiger partial charge is 0.337 e. The fourth-order valence-electron chi connectivity index (χ4n) is 3.43. The van der Waals surface area contributed by atoms with Gasteiger partial charge < -0.3 is 14.8 Å². The van der Waals surface area contributed by atoms with Gasteiger partial charge in [0.05, 0.1) is 33.1 Å². The van der Waals surface area contributed by atoms with E-state index in [0.29, 0.717) is 23.3 Å². The Balaban J connectivity index is 1.66. The molecule has 0 bridgehead atoms. The third-order valence-corrected chi connectivity index (χ3v) is 6.31. The predicted molar refractivity (Wildman–Crippen MR) is 138 cm³/mol. The summed E-state index contributed by atoms with van der Waals surface area (Å²) in [4.78, 5) is 32.8. The summed E-state index contributed by atoms with van der Waals surface area (Å²) in [7, 11) is 5.35. The number of carbonyl (C=O) groups excluding carboxylic acids is 2. The van der Waals surface area contributed by atoms with E-state index in [1.807, 2.05) is 49.8 Å². The van der Waals surface area contributed by atoms with E-state index < -0.39 is 0 Å². The number of esters is 1. The number of thiophene rings is 1. The minimum Gasteiger partial charge on any atom is -0.469 e. The van der Waals surface area contributed by atoms with E-state index in [1.54, 1.807) is 24.3 Å². The summed E-state index contributed by atoms with van der Waals surface area (Å²) < 4.78 is 12.0. The number of rotatable bonds is 8. The topological polar surface area (TPSA) is 90.4 Å². The fraction of sp³-hybridized carbons (Fsp3) is 0.154. The molecule has 1 N–H and O–H groups in total. The second-order valence-corrected chi connectivity index (χ2v) is 9.08. The maximum atomic E-state index is 11.7. The van der Waals surface area contributed by atoms with Gasteiger partial charge in [0.2, 0.25) is 11.8 Å². The van der Waals surface area contributed by atoms with Crippen LogP contribution in [0, 0.1) is 0 Å². The number of benzene rings is 2. The van der Waals surface area contributed by atoms with Gasteiger partial charge >= 0.3 is 11.9 Å². The molecule has 2 heterocycles. The van der Waals surface area contributed by atoms with Crippen LogP contribution < -0.4 is 14.5 Å². The Hall–Kier alpha value is -4.08. The van der Waals surface area contributed by atoms with Crippen LogP contribution in [0.4, 0.5) is 17.3 Å². The molecule has 9 heteroatoms. The lowest BCUT2D eigenvalue weighted by atomic mass is 10.1. The Morgan fingerprint density at radius 2 is 1.89 bits per heavy atom. The Kier molecular flexibility index (Phi) is 6.90. The van der Waals surface area contributed by atoms with E-state index in [9.17, 15) is 9.59 Å². The number of hydrogen-bond acceptors (Lipinski definition) is 7. The first-order chi connectivity index (χ1) is 16.8. The average molecular weight is 490 g/mol. The summed E-state index contributed by atoms with van der Waals surface area (Å²) in [5.74, 6) is 0.920. The molecular weight excluding hydrogens is 464 g/mol. The number of carbonyl (C=O) groups is 2. The maximum Gasteiger partial charge on any atom is 0.337 e. The quantitative estimate of drug-likeness (QED) is 0.207. The van der Waals surface area contributed by atoms with Gasteiger partial charge in [-0.05, 0) is 47.4 Å². The number of methoxy groups -OCH3 is 1. The van der Waals surface area contributed by atoms with Crippen LogP contribution in [-0.4, -0.2) is 43.0 Å². The molecule has 4 rings (SSSR count). The number of fused-ring (bicyclic) bond motifs is 1. The molecule has 0 saturated heterocycles. The van der Waals surface area contributed by atoms with Crippen molar-refractivity contribution in [2.24, 2.45) is 0 Å². The van der Waals surface area contributed by atoms with Gasteiger partial charge in [0.15, 0.2) is 0 Å². The lowest BCUT2D eigenvalue weighted by molar-refractivity contribution is -0.139. The number of nitrogens with one attached hydrogen (secondary N) is 1. The Labute approximate surface area is 207 Å². The molecule has 0 atom stereocenters. The van der Waals surface area contributed by atoms with Gasteiger partial charge in [0.1, 0.15) is 16.1 Å². The maximum absolute atomic E-state index is 11.7. The molecule has 1 amide bonds. The lowest BCUT2D eigenvalue weighted by Crippen LogP contribution is -2.36. The molecule has 2 aromatic heterocycles. The SMILES string of the molecule is C=CC(=O)Nc1cccc(Oc2nc([N+](C)(C)c3ccc(CC(=O)OC)cc3)nc3ccsc23)c1. The van der Waals surface area contributed by atoms with Crippen molar-refractivity contribution in [2.45, 2.75) is 6.42 Å². The lowest BCUT2D eigenvalue weighted by Gasteiger charge is -2.26. The van der Waals surface area contributed by atoms with E-state index in [2.05, 4.69) is 11.9 Å². The molecule has 35 heavy (non-hydrogen) atoms. The van der Waals surface area contributed by atoms with Crippen molar-refractivity contribution in [2.75, 3.05) is 26.5 Å². The van der Waals surface area contributed by atoms with Crippen LogP contribution in [0.15, 0.2) is 72.6 Å². The molecule has 0 aliphatic rings. The van der Waals surface area contributed by atoms with Crippen molar-refractivity contribution in [3.8, 4) is 11.6 Å². The van der Waals surface area contributed by atoms with Gasteiger partial charge in [-0.2, -0.15) is 4.98 Å². The minimum absolute atomic E-state index is 0.214. The number of hydrogen-bond donors (Lipinski definition) is 1. The van der Waals surface area contributed by atoms with Crippen molar-refractivity contribution in [3.05, 3.63) is 78.2 Å². The second-order valence-electron chi connectivity index (χ2n) is 8.16. The largest absolute Gasteiger partial charge is 0.469 e. The molecular formula is C26H25N4O4S+. The highest BCUT2D eigenvalue weighted by Gasteiger charge is 2.29. The molecule has 178 valence electrons. The summed E-state index contributed by atoms with van der Waals surface area (Å²) in [6.45, 7) is 3.47. The average Bonchev–Trinajstić information content (AvgIpc) is 3.34. The molecule has 0 aliphatic carbocycles. The monoisotopic (exact) mass is 489 g/mol. The van der Waals surface area contributed by atoms with Crippen LogP contribution in [0.2, 0.25) is 0 Å². The summed E-state index contributed by atoms with van der Waals surface area (Å²) in [5.41, 5.74) is 3.17. The molecule has 0 fully saturated rings. The minimum atomic E-state index is -0.302. The number of anilines is 1. The zero-order valence-electron chi connectivity index (χ0n) is 19.6. The van der Waals surface area contributed by atoms with Gasteiger partial charge in [0.25, 0.3) is 0 Å². The highest BCUT2D eigenvalue weighted by molar-refractivity contribution is 7.17. The Morgan fingerprint density at radius 3 is 2.60 bits per heavy atom. The van der Waals surface area contributed by atoms with Crippen LogP contribution in [0.1, 0.15) is 5.56 Å². The third kappa shape index (κ3) is 5.37. The number of ether oxygens (including phenoxy) is 2. The Morgan fingerprint density at radius 1 is 1.11 bits per heavy atom. The highest BCUT2D eigenvalue weighted by atomic mass is 32.1.